The fraction of sp³-hybridized carbons (Fsp3) is 0.0909. The summed E-state index contributed by atoms with van der Waals surface area (Å²) in [6.07, 6.45) is -4.85. The number of nitrogens with two attached hydrogens (primary N) is 1. The summed E-state index contributed by atoms with van der Waals surface area (Å²) in [7, 11) is -4.43. The molecule has 0 radical (unpaired) electrons. The van der Waals surface area contributed by atoms with E-state index in [1.807, 2.05) is 0 Å². The van der Waals surface area contributed by atoms with Gasteiger partial charge in [-0.1, -0.05) is 29.8 Å². The molecule has 2 amide bonds. The van der Waals surface area contributed by atoms with E-state index in [0.29, 0.717) is 10.4 Å². The van der Waals surface area contributed by atoms with E-state index in [1.165, 1.54) is 48.5 Å². The van der Waals surface area contributed by atoms with Crippen molar-refractivity contribution in [1.29, 1.82) is 0 Å². The van der Waals surface area contributed by atoms with Crippen molar-refractivity contribution in [3.05, 3.63) is 88.9 Å². The molecule has 3 N–H and O–H groups in total. The third-order valence-corrected chi connectivity index (χ3v) is 6.73. The first-order chi connectivity index (χ1) is 15.9. The molecule has 0 heterocycles. The number of anilines is 2. The molecule has 0 fully saturated rings. The van der Waals surface area contributed by atoms with Gasteiger partial charge in [0.15, 0.2) is 0 Å². The quantitative estimate of drug-likeness (QED) is 0.493. The minimum atomic E-state index is -4.85. The third-order valence-electron chi connectivity index (χ3n) is 4.61. The van der Waals surface area contributed by atoms with Crippen LogP contribution in [0.15, 0.2) is 77.7 Å². The summed E-state index contributed by atoms with van der Waals surface area (Å²) in [5.74, 6) is -1.52. The molecule has 0 saturated carbocycles. The Balaban J connectivity index is 1.99. The summed E-state index contributed by atoms with van der Waals surface area (Å²) >= 11 is 5.66. The predicted molar refractivity (Wildman–Crippen MR) is 121 cm³/mol. The molecule has 12 heteroatoms. The smallest absolute Gasteiger partial charge is 0.366 e. The maximum atomic E-state index is 13.4. The Morgan fingerprint density at radius 1 is 0.971 bits per heavy atom. The molecule has 0 aliphatic rings. The van der Waals surface area contributed by atoms with Crippen LogP contribution in [0.3, 0.4) is 0 Å². The van der Waals surface area contributed by atoms with Gasteiger partial charge in [-0.2, -0.15) is 13.2 Å². The third kappa shape index (κ3) is 5.67. The molecule has 3 aromatic rings. The number of nitrogens with zero attached hydrogens (tertiary/aromatic N) is 1. The summed E-state index contributed by atoms with van der Waals surface area (Å²) in [4.78, 5) is 23.6. The normalized spacial score (nSPS) is 11.6. The highest BCUT2D eigenvalue weighted by atomic mass is 35.5. The van der Waals surface area contributed by atoms with Crippen LogP contribution in [-0.4, -0.2) is 26.8 Å². The number of hydrogen-bond donors (Lipinski definition) is 2. The van der Waals surface area contributed by atoms with E-state index >= 15 is 0 Å². The van der Waals surface area contributed by atoms with E-state index < -0.39 is 50.8 Å². The predicted octanol–water partition coefficient (Wildman–Crippen LogP) is 4.29. The van der Waals surface area contributed by atoms with Crippen molar-refractivity contribution in [2.24, 2.45) is 5.73 Å². The van der Waals surface area contributed by atoms with Crippen LogP contribution in [0.1, 0.15) is 15.9 Å². The lowest BCUT2D eigenvalue weighted by Gasteiger charge is -2.25. The summed E-state index contributed by atoms with van der Waals surface area (Å²) in [6, 6.07) is 15.0. The van der Waals surface area contributed by atoms with Gasteiger partial charge in [-0.25, -0.2) is 8.42 Å². The molecule has 0 bridgehead atoms. The SMILES string of the molecule is NC(=O)c1ccc(NC(=O)CN(c2ccc(Cl)c(C(F)(F)F)c2)S(=O)(=O)c2ccccc2)cc1. The van der Waals surface area contributed by atoms with Gasteiger partial charge in [-0.15, -0.1) is 0 Å². The lowest BCUT2D eigenvalue weighted by atomic mass is 10.2. The number of halogens is 4. The second-order valence-corrected chi connectivity index (χ2v) is 9.25. The molecule has 0 unspecified atom stereocenters. The highest BCUT2D eigenvalue weighted by Gasteiger charge is 2.35. The topological polar surface area (TPSA) is 110 Å². The zero-order valence-electron chi connectivity index (χ0n) is 17.2. The largest absolute Gasteiger partial charge is 0.417 e. The zero-order chi connectivity index (χ0) is 25.1. The number of sulfonamides is 1. The molecule has 3 rings (SSSR count). The highest BCUT2D eigenvalue weighted by Crippen LogP contribution is 2.38. The van der Waals surface area contributed by atoms with Gasteiger partial charge in [-0.3, -0.25) is 13.9 Å². The van der Waals surface area contributed by atoms with Crippen molar-refractivity contribution in [3.8, 4) is 0 Å². The summed E-state index contributed by atoms with van der Waals surface area (Å²) in [5, 5.41) is 1.82. The first-order valence-electron chi connectivity index (χ1n) is 9.54. The number of carbonyl (C=O) groups is 2. The lowest BCUT2D eigenvalue weighted by Crippen LogP contribution is -2.38. The van der Waals surface area contributed by atoms with Gasteiger partial charge in [-0.05, 0) is 54.6 Å². The Bertz CT molecular complexity index is 1320. The van der Waals surface area contributed by atoms with Crippen molar-refractivity contribution in [2.45, 2.75) is 11.1 Å². The lowest BCUT2D eigenvalue weighted by molar-refractivity contribution is -0.137. The molecule has 0 atom stereocenters. The fourth-order valence-electron chi connectivity index (χ4n) is 2.97. The van der Waals surface area contributed by atoms with E-state index in [0.717, 1.165) is 12.1 Å². The maximum Gasteiger partial charge on any atom is 0.417 e. The second-order valence-electron chi connectivity index (χ2n) is 6.98. The Labute approximate surface area is 198 Å². The number of carbonyl (C=O) groups excluding carboxylic acids is 2. The van der Waals surface area contributed by atoms with Gasteiger partial charge in [0.05, 0.1) is 21.2 Å². The molecule has 178 valence electrons. The van der Waals surface area contributed by atoms with Crippen LogP contribution in [0, 0.1) is 0 Å². The minimum Gasteiger partial charge on any atom is -0.366 e. The standard InChI is InChI=1S/C22H17ClF3N3O4S/c23-19-11-10-16(12-18(19)22(24,25)26)29(34(32,33)17-4-2-1-3-5-17)13-20(30)28-15-8-6-14(7-9-15)21(27)31/h1-12H,13H2,(H2,27,31)(H,28,30). The molecule has 0 aromatic heterocycles. The number of hydrogen-bond acceptors (Lipinski definition) is 4. The second kappa shape index (κ2) is 9.74. The number of amides is 2. The summed E-state index contributed by atoms with van der Waals surface area (Å²) in [5.41, 5.74) is 3.92. The summed E-state index contributed by atoms with van der Waals surface area (Å²) in [6.45, 7) is -0.840. The van der Waals surface area contributed by atoms with E-state index in [1.54, 1.807) is 6.07 Å². The Kier molecular flexibility index (Phi) is 7.18. The zero-order valence-corrected chi connectivity index (χ0v) is 18.8. The van der Waals surface area contributed by atoms with E-state index in [4.69, 9.17) is 17.3 Å². The first-order valence-corrected chi connectivity index (χ1v) is 11.4. The number of rotatable bonds is 7. The van der Waals surface area contributed by atoms with Gasteiger partial charge in [0.1, 0.15) is 6.54 Å². The van der Waals surface area contributed by atoms with Crippen LogP contribution < -0.4 is 15.4 Å². The number of nitrogens with one attached hydrogen (secondary N) is 1. The van der Waals surface area contributed by atoms with Gasteiger partial charge in [0.2, 0.25) is 11.8 Å². The van der Waals surface area contributed by atoms with Crippen LogP contribution in [0.2, 0.25) is 5.02 Å². The van der Waals surface area contributed by atoms with Gasteiger partial charge >= 0.3 is 6.18 Å². The minimum absolute atomic E-state index is 0.187. The Hall–Kier alpha value is -3.57. The van der Waals surface area contributed by atoms with Crippen LogP contribution in [-0.2, 0) is 21.0 Å². The molecule has 0 spiro atoms. The van der Waals surface area contributed by atoms with Crippen molar-refractivity contribution < 1.29 is 31.2 Å². The van der Waals surface area contributed by atoms with Crippen molar-refractivity contribution in [2.75, 3.05) is 16.2 Å². The molecular formula is C22H17ClF3N3O4S. The molecule has 7 nitrogen and oxygen atoms in total. The molecule has 0 aliphatic heterocycles. The maximum absolute atomic E-state index is 13.4. The summed E-state index contributed by atoms with van der Waals surface area (Å²) < 4.78 is 67.2. The fourth-order valence-corrected chi connectivity index (χ4v) is 4.63. The van der Waals surface area contributed by atoms with Gasteiger partial charge < -0.3 is 11.1 Å². The average Bonchev–Trinajstić information content (AvgIpc) is 2.78. The molecule has 0 saturated heterocycles. The van der Waals surface area contributed by atoms with Crippen LogP contribution in [0.4, 0.5) is 24.5 Å². The average molecular weight is 512 g/mol. The Morgan fingerprint density at radius 2 is 1.59 bits per heavy atom. The Morgan fingerprint density at radius 3 is 2.15 bits per heavy atom. The number of benzene rings is 3. The van der Waals surface area contributed by atoms with Crippen molar-refractivity contribution >= 4 is 44.8 Å². The van der Waals surface area contributed by atoms with Crippen LogP contribution >= 0.6 is 11.6 Å². The van der Waals surface area contributed by atoms with E-state index in [-0.39, 0.29) is 16.1 Å². The van der Waals surface area contributed by atoms with Gasteiger partial charge in [0.25, 0.3) is 10.0 Å². The van der Waals surface area contributed by atoms with Crippen LogP contribution in [0.5, 0.6) is 0 Å². The van der Waals surface area contributed by atoms with E-state index in [2.05, 4.69) is 5.32 Å². The van der Waals surface area contributed by atoms with E-state index in [9.17, 15) is 31.2 Å². The molecular weight excluding hydrogens is 495 g/mol. The van der Waals surface area contributed by atoms with Crippen LogP contribution in [0.25, 0.3) is 0 Å². The number of alkyl halides is 3. The monoisotopic (exact) mass is 511 g/mol. The van der Waals surface area contributed by atoms with Crippen molar-refractivity contribution in [1.82, 2.24) is 0 Å². The van der Waals surface area contributed by atoms with Gasteiger partial charge in [0, 0.05) is 11.3 Å². The molecule has 3 aromatic carbocycles. The van der Waals surface area contributed by atoms with Crippen molar-refractivity contribution in [3.63, 3.8) is 0 Å². The highest BCUT2D eigenvalue weighted by molar-refractivity contribution is 7.92. The number of primary amides is 1. The molecule has 34 heavy (non-hydrogen) atoms. The first kappa shape index (κ1) is 25.1. The molecule has 0 aliphatic carbocycles.